The number of rotatable bonds is 2. The number of halogens is 1. The second kappa shape index (κ2) is 5.37. The molecule has 0 aliphatic heterocycles. The molecule has 84 valence electrons. The van der Waals surface area contributed by atoms with Crippen LogP contribution in [0.15, 0.2) is 24.3 Å². The van der Waals surface area contributed by atoms with Crippen molar-refractivity contribution in [2.75, 3.05) is 0 Å². The third-order valence-corrected chi connectivity index (χ3v) is 3.91. The van der Waals surface area contributed by atoms with Gasteiger partial charge in [-0.15, -0.1) is 0 Å². The monoisotopic (exact) mass is 233 g/mol. The molecule has 0 bridgehead atoms. The zero-order valence-electron chi connectivity index (χ0n) is 9.32. The van der Waals surface area contributed by atoms with E-state index in [4.69, 9.17) is 16.9 Å². The Morgan fingerprint density at radius 2 is 2.00 bits per heavy atom. The minimum absolute atomic E-state index is 0.488. The predicted octanol–water partition coefficient (Wildman–Crippen LogP) is 4.53. The maximum atomic E-state index is 8.87. The zero-order valence-corrected chi connectivity index (χ0v) is 10.1. The lowest BCUT2D eigenvalue weighted by atomic mass is 9.74. The highest BCUT2D eigenvalue weighted by molar-refractivity contribution is 6.31. The maximum Gasteiger partial charge on any atom is 0.0624 e. The molecular weight excluding hydrogens is 218 g/mol. The van der Waals surface area contributed by atoms with Crippen LogP contribution in [0.3, 0.4) is 0 Å². The van der Waals surface area contributed by atoms with Crippen molar-refractivity contribution in [3.05, 3.63) is 34.9 Å². The first-order chi connectivity index (χ1) is 7.83. The van der Waals surface area contributed by atoms with Gasteiger partial charge in [0.1, 0.15) is 0 Å². The van der Waals surface area contributed by atoms with Crippen LogP contribution in [0.4, 0.5) is 0 Å². The van der Waals surface area contributed by atoms with Gasteiger partial charge in [0.05, 0.1) is 6.07 Å². The topological polar surface area (TPSA) is 23.8 Å². The molecular formula is C14H16ClN. The summed E-state index contributed by atoms with van der Waals surface area (Å²) >= 11 is 6.24. The van der Waals surface area contributed by atoms with E-state index in [9.17, 15) is 0 Å². The van der Waals surface area contributed by atoms with Gasteiger partial charge >= 0.3 is 0 Å². The number of nitrogens with zero attached hydrogens (tertiary/aromatic N) is 1. The Labute approximate surface area is 102 Å². The third kappa shape index (κ3) is 2.39. The minimum atomic E-state index is 0.488. The molecule has 0 radical (unpaired) electrons. The van der Waals surface area contributed by atoms with Crippen molar-refractivity contribution in [3.8, 4) is 6.07 Å². The van der Waals surface area contributed by atoms with Crippen LogP contribution >= 0.6 is 11.6 Å². The molecule has 1 aliphatic carbocycles. The van der Waals surface area contributed by atoms with E-state index < -0.39 is 0 Å². The molecule has 0 saturated heterocycles. The van der Waals surface area contributed by atoms with E-state index in [0.717, 1.165) is 5.02 Å². The highest BCUT2D eigenvalue weighted by Crippen LogP contribution is 2.41. The third-order valence-electron chi connectivity index (χ3n) is 3.57. The van der Waals surface area contributed by atoms with Gasteiger partial charge < -0.3 is 0 Å². The van der Waals surface area contributed by atoms with E-state index in [0.29, 0.717) is 18.3 Å². The van der Waals surface area contributed by atoms with Crippen molar-refractivity contribution in [3.63, 3.8) is 0 Å². The van der Waals surface area contributed by atoms with E-state index in [1.165, 1.54) is 31.2 Å². The second-order valence-electron chi connectivity index (χ2n) is 4.53. The van der Waals surface area contributed by atoms with Gasteiger partial charge in [0.2, 0.25) is 0 Å². The molecule has 0 N–H and O–H groups in total. The fraction of sp³-hybridized carbons (Fsp3) is 0.500. The van der Waals surface area contributed by atoms with E-state index in [-0.39, 0.29) is 0 Å². The molecule has 2 atom stereocenters. The molecule has 0 spiro atoms. The maximum absolute atomic E-state index is 8.87. The molecule has 1 aliphatic rings. The predicted molar refractivity (Wildman–Crippen MR) is 66.4 cm³/mol. The van der Waals surface area contributed by atoms with E-state index in [1.54, 1.807) is 0 Å². The highest BCUT2D eigenvalue weighted by Gasteiger charge is 2.27. The van der Waals surface area contributed by atoms with E-state index >= 15 is 0 Å². The largest absolute Gasteiger partial charge is 0.198 e. The molecule has 0 heterocycles. The summed E-state index contributed by atoms with van der Waals surface area (Å²) in [6, 6.07) is 10.4. The van der Waals surface area contributed by atoms with E-state index in [2.05, 4.69) is 12.1 Å². The number of hydrogen-bond acceptors (Lipinski definition) is 1. The average molecular weight is 234 g/mol. The molecule has 1 aromatic rings. The molecule has 16 heavy (non-hydrogen) atoms. The van der Waals surface area contributed by atoms with Gasteiger partial charge in [0.25, 0.3) is 0 Å². The van der Waals surface area contributed by atoms with Crippen LogP contribution in [0.25, 0.3) is 0 Å². The lowest BCUT2D eigenvalue weighted by molar-refractivity contribution is 0.312. The summed E-state index contributed by atoms with van der Waals surface area (Å²) in [6.45, 7) is 0. The standard InChI is InChI=1S/C14H16ClN/c15-14-8-4-3-7-13(14)12-6-2-1-5-11(12)9-10-16/h3-4,7-8,11-12H,1-2,5-6,9H2. The Morgan fingerprint density at radius 3 is 2.75 bits per heavy atom. The smallest absolute Gasteiger partial charge is 0.0624 e. The van der Waals surface area contributed by atoms with Crippen molar-refractivity contribution >= 4 is 11.6 Å². The molecule has 2 unspecified atom stereocenters. The SMILES string of the molecule is N#CCC1CCCCC1c1ccccc1Cl. The van der Waals surface area contributed by atoms with Crippen LogP contribution in [0.1, 0.15) is 43.6 Å². The van der Waals surface area contributed by atoms with Crippen molar-refractivity contribution in [1.29, 1.82) is 5.26 Å². The summed E-state index contributed by atoms with van der Waals surface area (Å²) in [5.74, 6) is 0.987. The number of benzene rings is 1. The molecule has 1 aromatic carbocycles. The average Bonchev–Trinajstić information content (AvgIpc) is 2.31. The Balaban J connectivity index is 2.24. The first-order valence-corrected chi connectivity index (χ1v) is 6.32. The minimum Gasteiger partial charge on any atom is -0.198 e. The van der Waals surface area contributed by atoms with Crippen molar-refractivity contribution in [2.24, 2.45) is 5.92 Å². The quantitative estimate of drug-likeness (QED) is 0.737. The molecule has 2 rings (SSSR count). The van der Waals surface area contributed by atoms with Gasteiger partial charge in [-0.1, -0.05) is 42.6 Å². The van der Waals surface area contributed by atoms with Crippen LogP contribution in [0.5, 0.6) is 0 Å². The summed E-state index contributed by atoms with van der Waals surface area (Å²) in [5, 5.41) is 9.73. The lowest BCUT2D eigenvalue weighted by Gasteiger charge is -2.30. The zero-order chi connectivity index (χ0) is 11.4. The first-order valence-electron chi connectivity index (χ1n) is 5.94. The fourth-order valence-electron chi connectivity index (χ4n) is 2.75. The first kappa shape index (κ1) is 11.5. The summed E-state index contributed by atoms with van der Waals surface area (Å²) in [6.07, 6.45) is 5.53. The van der Waals surface area contributed by atoms with Gasteiger partial charge in [-0.05, 0) is 36.3 Å². The summed E-state index contributed by atoms with van der Waals surface area (Å²) in [4.78, 5) is 0. The van der Waals surface area contributed by atoms with Crippen molar-refractivity contribution in [2.45, 2.75) is 38.0 Å². The Bertz CT molecular complexity index is 394. The van der Waals surface area contributed by atoms with Gasteiger partial charge in [0, 0.05) is 11.4 Å². The summed E-state index contributed by atoms with van der Waals surface area (Å²) in [7, 11) is 0. The van der Waals surface area contributed by atoms with Gasteiger partial charge in [0.15, 0.2) is 0 Å². The normalized spacial score (nSPS) is 25.0. The van der Waals surface area contributed by atoms with Crippen LogP contribution in [-0.2, 0) is 0 Å². The van der Waals surface area contributed by atoms with Gasteiger partial charge in [-0.3, -0.25) is 0 Å². The summed E-state index contributed by atoms with van der Waals surface area (Å²) in [5.41, 5.74) is 1.24. The summed E-state index contributed by atoms with van der Waals surface area (Å²) < 4.78 is 0. The highest BCUT2D eigenvalue weighted by atomic mass is 35.5. The van der Waals surface area contributed by atoms with Crippen LogP contribution < -0.4 is 0 Å². The van der Waals surface area contributed by atoms with Crippen LogP contribution in [0.2, 0.25) is 5.02 Å². The molecule has 1 fully saturated rings. The van der Waals surface area contributed by atoms with Crippen molar-refractivity contribution < 1.29 is 0 Å². The molecule has 1 nitrogen and oxygen atoms in total. The molecule has 0 aromatic heterocycles. The fourth-order valence-corrected chi connectivity index (χ4v) is 3.03. The number of nitriles is 1. The van der Waals surface area contributed by atoms with Crippen molar-refractivity contribution in [1.82, 2.24) is 0 Å². The van der Waals surface area contributed by atoms with Gasteiger partial charge in [-0.25, -0.2) is 0 Å². The lowest BCUT2D eigenvalue weighted by Crippen LogP contribution is -2.17. The van der Waals surface area contributed by atoms with Crippen LogP contribution in [0, 0.1) is 17.2 Å². The van der Waals surface area contributed by atoms with Gasteiger partial charge in [-0.2, -0.15) is 5.26 Å². The Kier molecular flexibility index (Phi) is 3.85. The van der Waals surface area contributed by atoms with Crippen LogP contribution in [-0.4, -0.2) is 0 Å². The molecule has 0 amide bonds. The molecule has 2 heteroatoms. The second-order valence-corrected chi connectivity index (χ2v) is 4.94. The molecule has 1 saturated carbocycles. The Hall–Kier alpha value is -1.00. The van der Waals surface area contributed by atoms with E-state index in [1.807, 2.05) is 18.2 Å². The number of hydrogen-bond donors (Lipinski definition) is 0. The Morgan fingerprint density at radius 1 is 1.25 bits per heavy atom.